The van der Waals surface area contributed by atoms with E-state index in [1.54, 1.807) is 0 Å². The van der Waals surface area contributed by atoms with Crippen LogP contribution in [0.2, 0.25) is 0 Å². The summed E-state index contributed by atoms with van der Waals surface area (Å²) in [4.78, 5) is 7.38. The maximum Gasteiger partial charge on any atom is 0.252 e. The molecular weight excluding hydrogens is 930 g/mol. The van der Waals surface area contributed by atoms with Crippen LogP contribution in [0.15, 0.2) is 194 Å². The third-order valence-corrected chi connectivity index (χ3v) is 16.8. The second-order valence-corrected chi connectivity index (χ2v) is 26.4. The SMILES string of the molecule is [2H]c1c([2H])c([2H])c(-c2ccc(N(c3ccc(C(C)(C)C)cc3)c3ccc4c(c3)N(c3ccc(C(C)(C)C)cc3)c3cc(C(C)(C)C)cc5c3B4c3cc(C(C)(C)C)ccc3N5c3ccc4c(c3)-c3ccccc3C4(C)C)cc2)c([2H])c1[2H]. The minimum Gasteiger partial charge on any atom is -0.311 e. The Labute approximate surface area is 467 Å². The molecule has 0 spiro atoms. The highest BCUT2D eigenvalue weighted by Gasteiger charge is 2.45. The van der Waals surface area contributed by atoms with Gasteiger partial charge in [-0.1, -0.05) is 212 Å². The third-order valence-electron chi connectivity index (χ3n) is 16.8. The molecule has 0 fully saturated rings. The molecule has 9 aromatic carbocycles. The van der Waals surface area contributed by atoms with Crippen molar-refractivity contribution >= 4 is 74.3 Å². The molecule has 1 aliphatic carbocycles. The van der Waals surface area contributed by atoms with Crippen molar-refractivity contribution in [3.05, 3.63) is 227 Å². The highest BCUT2D eigenvalue weighted by Crippen LogP contribution is 2.53. The van der Waals surface area contributed by atoms with Gasteiger partial charge in [-0.2, -0.15) is 0 Å². The molecule has 77 heavy (non-hydrogen) atoms. The molecule has 0 amide bonds. The van der Waals surface area contributed by atoms with Gasteiger partial charge < -0.3 is 14.7 Å². The molecule has 9 aromatic rings. The number of anilines is 9. The number of nitrogens with zero attached hydrogens (tertiary/aromatic N) is 3. The molecule has 0 radical (unpaired) electrons. The summed E-state index contributed by atoms with van der Waals surface area (Å²) in [6, 6.07) is 59.6. The number of hydrogen-bond donors (Lipinski definition) is 0. The van der Waals surface area contributed by atoms with E-state index >= 15 is 0 Å². The second-order valence-electron chi connectivity index (χ2n) is 26.4. The predicted octanol–water partition coefficient (Wildman–Crippen LogP) is 18.4. The van der Waals surface area contributed by atoms with E-state index in [0.717, 1.165) is 39.8 Å². The molecule has 0 N–H and O–H groups in total. The van der Waals surface area contributed by atoms with Crippen molar-refractivity contribution in [2.75, 3.05) is 14.7 Å². The van der Waals surface area contributed by atoms with Gasteiger partial charge in [-0.05, 0) is 173 Å². The summed E-state index contributed by atoms with van der Waals surface area (Å²) in [7, 11) is 0. The van der Waals surface area contributed by atoms with Gasteiger partial charge in [-0.3, -0.25) is 0 Å². The summed E-state index contributed by atoms with van der Waals surface area (Å²) >= 11 is 0. The summed E-state index contributed by atoms with van der Waals surface area (Å²) in [6.45, 7) is 32.0. The molecule has 0 saturated heterocycles. The lowest BCUT2D eigenvalue weighted by Gasteiger charge is -2.45. The monoisotopic (exact) mass is 1010 g/mol. The lowest BCUT2D eigenvalue weighted by atomic mass is 9.33. The Hall–Kier alpha value is -7.56. The Bertz CT molecular complexity index is 4030. The van der Waals surface area contributed by atoms with Gasteiger partial charge in [0.15, 0.2) is 0 Å². The molecule has 0 unspecified atom stereocenters. The van der Waals surface area contributed by atoms with Crippen molar-refractivity contribution in [1.82, 2.24) is 0 Å². The van der Waals surface area contributed by atoms with E-state index in [4.69, 9.17) is 6.85 Å². The van der Waals surface area contributed by atoms with Crippen LogP contribution in [0.1, 0.15) is 137 Å². The largest absolute Gasteiger partial charge is 0.311 e. The lowest BCUT2D eigenvalue weighted by molar-refractivity contribution is 0.590. The zero-order valence-electron chi connectivity index (χ0n) is 52.5. The fourth-order valence-corrected chi connectivity index (χ4v) is 12.3. The first-order chi connectivity index (χ1) is 38.5. The van der Waals surface area contributed by atoms with E-state index in [-0.39, 0.29) is 63.5 Å². The molecule has 0 atom stereocenters. The molecule has 12 rings (SSSR count). The zero-order valence-corrected chi connectivity index (χ0v) is 47.5. The van der Waals surface area contributed by atoms with Crippen molar-refractivity contribution < 1.29 is 6.85 Å². The Kier molecular flexibility index (Phi) is 10.3. The quantitative estimate of drug-likeness (QED) is 0.154. The standard InChI is InChI=1S/C73H74BN3/c1-69(2,3)49-26-33-54(34-27-49)75(53-31-24-48(25-32-53)47-20-16-15-17-21-47)57-38-40-62-65(46-57)76(55-35-28-50(29-36-55)70(4,5)6)66-43-52(72(10,11)12)44-67-68(66)74(62)63-42-51(71(7,8)9)30-41-64(63)77(67)56-37-39-61-59(45-56)58-22-18-19-23-60(58)73(61,13)14/h15-46H,1-14H3/i15D,16D,17D,20D,21D. The molecule has 384 valence electrons. The predicted molar refractivity (Wildman–Crippen MR) is 333 cm³/mol. The van der Waals surface area contributed by atoms with Gasteiger partial charge in [0.2, 0.25) is 0 Å². The third kappa shape index (κ3) is 8.51. The van der Waals surface area contributed by atoms with Crippen LogP contribution in [-0.2, 0) is 27.1 Å². The first kappa shape index (κ1) is 44.6. The summed E-state index contributed by atoms with van der Waals surface area (Å²) in [5, 5.41) is 0. The van der Waals surface area contributed by atoms with Crippen molar-refractivity contribution in [2.24, 2.45) is 0 Å². The van der Waals surface area contributed by atoms with Crippen LogP contribution in [-0.4, -0.2) is 6.71 Å². The van der Waals surface area contributed by atoms with Crippen molar-refractivity contribution in [2.45, 2.75) is 124 Å². The highest BCUT2D eigenvalue weighted by atomic mass is 15.2. The van der Waals surface area contributed by atoms with E-state index in [9.17, 15) is 0 Å². The van der Waals surface area contributed by atoms with Crippen molar-refractivity contribution in [1.29, 1.82) is 0 Å². The summed E-state index contributed by atoms with van der Waals surface area (Å²) in [6.07, 6.45) is 0. The molecule has 3 aliphatic rings. The molecule has 2 heterocycles. The van der Waals surface area contributed by atoms with Gasteiger partial charge >= 0.3 is 0 Å². The average Bonchev–Trinajstić information content (AvgIpc) is 1.20. The Morgan fingerprint density at radius 1 is 0.403 bits per heavy atom. The van der Waals surface area contributed by atoms with Crippen LogP contribution >= 0.6 is 0 Å². The van der Waals surface area contributed by atoms with Gasteiger partial charge in [0, 0.05) is 56.6 Å². The van der Waals surface area contributed by atoms with Gasteiger partial charge in [0.25, 0.3) is 6.71 Å². The van der Waals surface area contributed by atoms with Crippen LogP contribution in [0.3, 0.4) is 0 Å². The van der Waals surface area contributed by atoms with Gasteiger partial charge in [-0.25, -0.2) is 0 Å². The first-order valence-electron chi connectivity index (χ1n) is 30.0. The molecule has 4 heteroatoms. The van der Waals surface area contributed by atoms with Crippen LogP contribution in [0, 0.1) is 0 Å². The van der Waals surface area contributed by atoms with Crippen LogP contribution in [0.25, 0.3) is 22.3 Å². The van der Waals surface area contributed by atoms with E-state index in [1.165, 1.54) is 72.3 Å². The minimum absolute atomic E-state index is 0.0520. The van der Waals surface area contributed by atoms with Gasteiger partial charge in [-0.15, -0.1) is 0 Å². The van der Waals surface area contributed by atoms with E-state index in [1.807, 2.05) is 24.3 Å². The van der Waals surface area contributed by atoms with E-state index in [0.29, 0.717) is 5.56 Å². The molecule has 3 nitrogen and oxygen atoms in total. The van der Waals surface area contributed by atoms with Crippen molar-refractivity contribution in [3.8, 4) is 22.3 Å². The normalized spacial score (nSPS) is 15.3. The van der Waals surface area contributed by atoms with E-state index < -0.39 is 6.04 Å². The minimum atomic E-state index is -0.404. The van der Waals surface area contributed by atoms with Gasteiger partial charge in [0.1, 0.15) is 0 Å². The maximum atomic E-state index is 8.84. The summed E-state index contributed by atoms with van der Waals surface area (Å²) < 4.78 is 42.9. The number of rotatable bonds is 6. The van der Waals surface area contributed by atoms with E-state index in [2.05, 4.69) is 251 Å². The van der Waals surface area contributed by atoms with Crippen molar-refractivity contribution in [3.63, 3.8) is 0 Å². The first-order valence-corrected chi connectivity index (χ1v) is 27.5. The zero-order chi connectivity index (χ0) is 58.5. The second kappa shape index (κ2) is 17.7. The maximum absolute atomic E-state index is 8.84. The van der Waals surface area contributed by atoms with Crippen LogP contribution in [0.5, 0.6) is 0 Å². The average molecular weight is 1010 g/mol. The molecule has 2 aliphatic heterocycles. The smallest absolute Gasteiger partial charge is 0.252 e. The number of fused-ring (bicyclic) bond motifs is 7. The number of hydrogen-bond acceptors (Lipinski definition) is 3. The lowest BCUT2D eigenvalue weighted by Crippen LogP contribution is -2.61. The molecule has 0 aromatic heterocycles. The Morgan fingerprint density at radius 3 is 1.53 bits per heavy atom. The Balaban J connectivity index is 1.13. The molecule has 0 bridgehead atoms. The fraction of sp³-hybridized carbons (Fsp3) is 0.260. The molecule has 0 saturated carbocycles. The Morgan fingerprint density at radius 2 is 0.922 bits per heavy atom. The van der Waals surface area contributed by atoms with Crippen LogP contribution in [0.4, 0.5) is 51.2 Å². The summed E-state index contributed by atoms with van der Waals surface area (Å²) in [5.41, 5.74) is 23.7. The fourth-order valence-electron chi connectivity index (χ4n) is 12.3. The highest BCUT2D eigenvalue weighted by molar-refractivity contribution is 7.00. The molecular formula is C73H74BN3. The topological polar surface area (TPSA) is 9.72 Å². The van der Waals surface area contributed by atoms with Crippen LogP contribution < -0.4 is 31.1 Å². The number of benzene rings is 9. The summed E-state index contributed by atoms with van der Waals surface area (Å²) in [5.74, 6) is 0. The van der Waals surface area contributed by atoms with Gasteiger partial charge in [0.05, 0.1) is 6.85 Å².